The number of terminal acetylenes is 1. The van der Waals surface area contributed by atoms with Crippen molar-refractivity contribution in [1.82, 2.24) is 10.2 Å². The topological polar surface area (TPSA) is 44.7 Å². The average Bonchev–Trinajstić information content (AvgIpc) is 2.95. The number of carbonyl (C=O) groups is 1. The van der Waals surface area contributed by atoms with Crippen LogP contribution >= 0.6 is 11.8 Å². The standard InChI is InChI=1S/C19H21N3OS/c1-2-10-20-18-17(24-19(23)21-18)13-15-8-11-22(12-9-15)14-16-6-4-3-5-7-16/h1,3-7,13,15H,8-12,14H2,(H,20,21,23). The minimum atomic E-state index is -0.165. The van der Waals surface area contributed by atoms with Crippen molar-refractivity contribution in [3.05, 3.63) is 46.9 Å². The van der Waals surface area contributed by atoms with Crippen LogP contribution in [0.1, 0.15) is 18.4 Å². The summed E-state index contributed by atoms with van der Waals surface area (Å²) >= 11 is 1.19. The fourth-order valence-corrected chi connectivity index (χ4v) is 3.82. The van der Waals surface area contributed by atoms with E-state index >= 15 is 0 Å². The van der Waals surface area contributed by atoms with Gasteiger partial charge in [0, 0.05) is 6.54 Å². The van der Waals surface area contributed by atoms with E-state index in [1.807, 2.05) is 0 Å². The van der Waals surface area contributed by atoms with Crippen LogP contribution in [-0.2, 0) is 6.54 Å². The van der Waals surface area contributed by atoms with Gasteiger partial charge >= 0.3 is 5.24 Å². The van der Waals surface area contributed by atoms with Gasteiger partial charge < -0.3 is 5.32 Å². The van der Waals surface area contributed by atoms with Crippen LogP contribution in [0.4, 0.5) is 4.79 Å². The van der Waals surface area contributed by atoms with Gasteiger partial charge in [-0.2, -0.15) is 4.99 Å². The number of carbonyl (C=O) groups excluding carboxylic acids is 1. The van der Waals surface area contributed by atoms with Crippen LogP contribution in [0.5, 0.6) is 0 Å². The smallest absolute Gasteiger partial charge is 0.311 e. The number of hydrogen-bond acceptors (Lipinski definition) is 4. The van der Waals surface area contributed by atoms with Gasteiger partial charge in [-0.15, -0.1) is 6.42 Å². The molecule has 0 unspecified atom stereocenters. The molecular formula is C19H21N3OS. The van der Waals surface area contributed by atoms with E-state index in [4.69, 9.17) is 6.42 Å². The van der Waals surface area contributed by atoms with Crippen LogP contribution in [0.15, 0.2) is 46.3 Å². The summed E-state index contributed by atoms with van der Waals surface area (Å²) < 4.78 is 0. The predicted octanol–water partition coefficient (Wildman–Crippen LogP) is 3.27. The van der Waals surface area contributed by atoms with Crippen LogP contribution < -0.4 is 5.32 Å². The van der Waals surface area contributed by atoms with E-state index in [0.29, 0.717) is 18.3 Å². The molecule has 124 valence electrons. The quantitative estimate of drug-likeness (QED) is 0.855. The second-order valence-corrected chi connectivity index (χ2v) is 7.01. The summed E-state index contributed by atoms with van der Waals surface area (Å²) in [5.74, 6) is 3.64. The van der Waals surface area contributed by atoms with E-state index in [-0.39, 0.29) is 5.24 Å². The minimum absolute atomic E-state index is 0.165. The third-order valence-corrected chi connectivity index (χ3v) is 5.08. The molecule has 0 spiro atoms. The van der Waals surface area contributed by atoms with Crippen molar-refractivity contribution >= 4 is 22.8 Å². The van der Waals surface area contributed by atoms with Gasteiger partial charge in [0.25, 0.3) is 0 Å². The second kappa shape index (κ2) is 8.18. The number of nitrogens with one attached hydrogen (secondary N) is 1. The maximum atomic E-state index is 11.6. The first-order valence-electron chi connectivity index (χ1n) is 8.21. The van der Waals surface area contributed by atoms with Gasteiger partial charge in [-0.3, -0.25) is 9.69 Å². The normalized spacial score (nSPS) is 20.9. The first-order chi connectivity index (χ1) is 11.7. The molecule has 5 heteroatoms. The predicted molar refractivity (Wildman–Crippen MR) is 99.8 cm³/mol. The van der Waals surface area contributed by atoms with Crippen molar-refractivity contribution < 1.29 is 4.79 Å². The number of benzene rings is 1. The molecule has 0 radical (unpaired) electrons. The fraction of sp³-hybridized carbons (Fsp3) is 0.368. The van der Waals surface area contributed by atoms with E-state index < -0.39 is 0 Å². The number of aliphatic imine (C=N–C) groups is 1. The fourth-order valence-electron chi connectivity index (χ4n) is 3.02. The van der Waals surface area contributed by atoms with Crippen molar-refractivity contribution in [3.8, 4) is 12.3 Å². The number of amidine groups is 1. The number of amides is 1. The third kappa shape index (κ3) is 4.50. The molecule has 2 heterocycles. The van der Waals surface area contributed by atoms with E-state index in [9.17, 15) is 4.79 Å². The maximum Gasteiger partial charge on any atom is 0.311 e. The molecule has 0 atom stereocenters. The summed E-state index contributed by atoms with van der Waals surface area (Å²) in [5.41, 5.74) is 1.36. The number of hydrogen-bond donors (Lipinski definition) is 1. The maximum absolute atomic E-state index is 11.6. The molecule has 2 aliphatic heterocycles. The van der Waals surface area contributed by atoms with Gasteiger partial charge in [-0.25, -0.2) is 0 Å². The Labute approximate surface area is 147 Å². The number of thioether (sulfide) groups is 1. The van der Waals surface area contributed by atoms with Gasteiger partial charge in [-0.1, -0.05) is 42.3 Å². The van der Waals surface area contributed by atoms with Crippen LogP contribution in [0.25, 0.3) is 0 Å². The lowest BCUT2D eigenvalue weighted by molar-refractivity contribution is 0.195. The highest BCUT2D eigenvalue weighted by molar-refractivity contribution is 8.18. The number of rotatable bonds is 4. The first-order valence-corrected chi connectivity index (χ1v) is 9.02. The molecule has 1 amide bonds. The monoisotopic (exact) mass is 339 g/mol. The van der Waals surface area contributed by atoms with Crippen LogP contribution in [0, 0.1) is 18.3 Å². The van der Waals surface area contributed by atoms with E-state index in [0.717, 1.165) is 37.4 Å². The molecule has 0 aromatic heterocycles. The third-order valence-electron chi connectivity index (χ3n) is 4.26. The Kier molecular flexibility index (Phi) is 5.73. The summed E-state index contributed by atoms with van der Waals surface area (Å²) in [4.78, 5) is 19.0. The average molecular weight is 339 g/mol. The number of allylic oxidation sites excluding steroid dienone is 1. The highest BCUT2D eigenvalue weighted by Gasteiger charge is 2.24. The summed E-state index contributed by atoms with van der Waals surface area (Å²) in [6.07, 6.45) is 9.67. The molecule has 1 N–H and O–H groups in total. The lowest BCUT2D eigenvalue weighted by Gasteiger charge is -2.30. The Morgan fingerprint density at radius 1 is 1.33 bits per heavy atom. The van der Waals surface area contributed by atoms with Gasteiger partial charge in [-0.05, 0) is 49.2 Å². The van der Waals surface area contributed by atoms with Crippen LogP contribution in [-0.4, -0.2) is 35.6 Å². The SMILES string of the molecule is C#CCNC1=NC(=O)SC1=CC1CCN(Cc2ccccc2)CC1. The molecule has 0 aliphatic carbocycles. The lowest BCUT2D eigenvalue weighted by Crippen LogP contribution is -2.33. The van der Waals surface area contributed by atoms with Gasteiger partial charge in [0.05, 0.1) is 11.4 Å². The molecule has 24 heavy (non-hydrogen) atoms. The Balaban J connectivity index is 1.54. The van der Waals surface area contributed by atoms with Gasteiger partial charge in [0.2, 0.25) is 0 Å². The van der Waals surface area contributed by atoms with Gasteiger partial charge in [0.1, 0.15) is 5.84 Å². The highest BCUT2D eigenvalue weighted by atomic mass is 32.2. The largest absolute Gasteiger partial charge is 0.358 e. The molecule has 2 aliphatic rings. The number of piperidine rings is 1. The minimum Gasteiger partial charge on any atom is -0.358 e. The summed E-state index contributed by atoms with van der Waals surface area (Å²) in [5, 5.41) is 2.87. The first kappa shape index (κ1) is 16.8. The summed E-state index contributed by atoms with van der Waals surface area (Å²) in [6, 6.07) is 10.6. The molecule has 1 aromatic carbocycles. The molecule has 1 aromatic rings. The molecular weight excluding hydrogens is 318 g/mol. The Bertz CT molecular complexity index is 682. The zero-order chi connectivity index (χ0) is 16.8. The van der Waals surface area contributed by atoms with Gasteiger partial charge in [0.15, 0.2) is 0 Å². The molecule has 0 bridgehead atoms. The van der Waals surface area contributed by atoms with Crippen LogP contribution in [0.3, 0.4) is 0 Å². The Morgan fingerprint density at radius 2 is 2.08 bits per heavy atom. The second-order valence-electron chi connectivity index (χ2n) is 6.02. The lowest BCUT2D eigenvalue weighted by atomic mass is 9.96. The number of likely N-dealkylation sites (tertiary alicyclic amines) is 1. The zero-order valence-corrected chi connectivity index (χ0v) is 14.4. The molecule has 0 saturated carbocycles. The van der Waals surface area contributed by atoms with E-state index in [2.05, 4.69) is 57.5 Å². The Morgan fingerprint density at radius 3 is 2.79 bits per heavy atom. The van der Waals surface area contributed by atoms with Crippen molar-refractivity contribution in [2.45, 2.75) is 19.4 Å². The molecule has 1 fully saturated rings. The van der Waals surface area contributed by atoms with E-state index in [1.165, 1.54) is 17.3 Å². The van der Waals surface area contributed by atoms with E-state index in [1.54, 1.807) is 0 Å². The van der Waals surface area contributed by atoms with Crippen molar-refractivity contribution in [2.75, 3.05) is 19.6 Å². The molecule has 3 rings (SSSR count). The van der Waals surface area contributed by atoms with Crippen LogP contribution in [0.2, 0.25) is 0 Å². The van der Waals surface area contributed by atoms with Crippen molar-refractivity contribution in [2.24, 2.45) is 10.9 Å². The highest BCUT2D eigenvalue weighted by Crippen LogP contribution is 2.30. The summed E-state index contributed by atoms with van der Waals surface area (Å²) in [7, 11) is 0. The molecule has 1 saturated heterocycles. The van der Waals surface area contributed by atoms with Crippen molar-refractivity contribution in [1.29, 1.82) is 0 Å². The Hall–Kier alpha value is -2.03. The van der Waals surface area contributed by atoms with Crippen molar-refractivity contribution in [3.63, 3.8) is 0 Å². The molecule has 4 nitrogen and oxygen atoms in total. The zero-order valence-electron chi connectivity index (χ0n) is 13.6. The summed E-state index contributed by atoms with van der Waals surface area (Å²) in [6.45, 7) is 3.55. The number of nitrogens with zero attached hydrogens (tertiary/aromatic N) is 2.